The molecule has 45 heavy (non-hydrogen) atoms. The molecule has 1 heterocycles. The molecule has 4 nitrogen and oxygen atoms in total. The molecule has 3 aromatic rings. The smallest absolute Gasteiger partial charge is 0.460 e. The Labute approximate surface area is 232 Å². The number of nitrogens with zero attached hydrogens (tertiary/aromatic N) is 3. The van der Waals surface area contributed by atoms with E-state index in [1.165, 1.54) is 0 Å². The topological polar surface area (TPSA) is 50.9 Å². The van der Waals surface area contributed by atoms with Gasteiger partial charge in [-0.2, -0.15) is 87.8 Å². The Kier molecular flexibility index (Phi) is 7.83. The van der Waals surface area contributed by atoms with Gasteiger partial charge in [-0.1, -0.05) is 6.07 Å². The standard InChI is InChI=1S/C21H7F20N3O/c22-13(23,15(27,28)16(29,30)17(31,32)18(33,34)19(35,36)20(37,38)21(39,40)41)7-1-3-9-10(5-7)43-44(42-9)11-4-2-8(6-12(11)45)14(24,25)26/h1-6,45H. The Morgan fingerprint density at radius 3 is 1.33 bits per heavy atom. The first-order chi connectivity index (χ1) is 19.8. The van der Waals surface area contributed by atoms with E-state index in [1.54, 1.807) is 0 Å². The zero-order valence-electron chi connectivity index (χ0n) is 20.3. The maximum atomic E-state index is 14.6. The number of aromatic nitrogens is 3. The molecule has 2 aromatic carbocycles. The number of aromatic hydroxyl groups is 1. The highest BCUT2D eigenvalue weighted by molar-refractivity contribution is 5.75. The molecule has 0 amide bonds. The lowest BCUT2D eigenvalue weighted by atomic mass is 9.87. The molecular weight excluding hydrogens is 690 g/mol. The van der Waals surface area contributed by atoms with E-state index < -0.39 is 87.4 Å². The van der Waals surface area contributed by atoms with Crippen molar-refractivity contribution in [3.8, 4) is 11.4 Å². The van der Waals surface area contributed by atoms with Crippen LogP contribution >= 0.6 is 0 Å². The molecule has 24 heteroatoms. The number of phenols is 1. The van der Waals surface area contributed by atoms with Gasteiger partial charge >= 0.3 is 53.8 Å². The molecule has 0 bridgehead atoms. The number of phenolic OH excluding ortho intramolecular Hbond substituents is 1. The van der Waals surface area contributed by atoms with Crippen LogP contribution in [0.15, 0.2) is 36.4 Å². The molecular formula is C21H7F20N3O. The summed E-state index contributed by atoms with van der Waals surface area (Å²) >= 11 is 0. The molecule has 252 valence electrons. The first kappa shape index (κ1) is 35.7. The average Bonchev–Trinajstić information content (AvgIpc) is 3.29. The molecule has 0 aliphatic carbocycles. The minimum Gasteiger partial charge on any atom is -0.506 e. The van der Waals surface area contributed by atoms with Gasteiger partial charge in [-0.3, -0.25) is 0 Å². The molecule has 0 atom stereocenters. The fraction of sp³-hybridized carbons (Fsp3) is 0.429. The van der Waals surface area contributed by atoms with Crippen molar-refractivity contribution in [3.63, 3.8) is 0 Å². The maximum Gasteiger partial charge on any atom is 0.460 e. The van der Waals surface area contributed by atoms with E-state index in [9.17, 15) is 92.9 Å². The summed E-state index contributed by atoms with van der Waals surface area (Å²) in [6, 6.07) is 0.377. The Hall–Kier alpha value is -3.76. The van der Waals surface area contributed by atoms with Crippen LogP contribution < -0.4 is 0 Å². The number of hydrogen-bond acceptors (Lipinski definition) is 3. The number of alkyl halides is 20. The third-order valence-electron chi connectivity index (χ3n) is 5.98. The zero-order chi connectivity index (χ0) is 35.2. The third kappa shape index (κ3) is 4.93. The van der Waals surface area contributed by atoms with Gasteiger partial charge in [0.2, 0.25) is 0 Å². The highest BCUT2D eigenvalue weighted by Gasteiger charge is 2.95. The minimum atomic E-state index is -8.78. The summed E-state index contributed by atoms with van der Waals surface area (Å²) in [6.07, 6.45) is -12.9. The fourth-order valence-corrected chi connectivity index (χ4v) is 3.43. The normalized spacial score (nSPS) is 15.2. The van der Waals surface area contributed by atoms with Gasteiger partial charge in [0.25, 0.3) is 0 Å². The summed E-state index contributed by atoms with van der Waals surface area (Å²) < 4.78 is 269. The van der Waals surface area contributed by atoms with Crippen LogP contribution in [0.1, 0.15) is 11.1 Å². The number of fused-ring (bicyclic) bond motifs is 1. The van der Waals surface area contributed by atoms with Crippen molar-refractivity contribution in [1.82, 2.24) is 15.0 Å². The van der Waals surface area contributed by atoms with Crippen LogP contribution in [0.5, 0.6) is 5.75 Å². The van der Waals surface area contributed by atoms with E-state index in [-0.39, 0.29) is 29.1 Å². The van der Waals surface area contributed by atoms with Crippen LogP contribution in [0.3, 0.4) is 0 Å². The van der Waals surface area contributed by atoms with E-state index in [0.29, 0.717) is 12.1 Å². The van der Waals surface area contributed by atoms with Gasteiger partial charge in [0, 0.05) is 5.56 Å². The summed E-state index contributed by atoms with van der Waals surface area (Å²) in [4.78, 5) is 0.159. The highest BCUT2D eigenvalue weighted by atomic mass is 19.4. The Morgan fingerprint density at radius 1 is 0.467 bits per heavy atom. The number of rotatable bonds is 8. The second kappa shape index (κ2) is 9.87. The van der Waals surface area contributed by atoms with E-state index >= 15 is 0 Å². The molecule has 0 saturated carbocycles. The summed E-state index contributed by atoms with van der Waals surface area (Å²) in [6.45, 7) is 0. The van der Waals surface area contributed by atoms with Crippen molar-refractivity contribution in [3.05, 3.63) is 47.5 Å². The minimum absolute atomic E-state index is 0.107. The number of halogens is 20. The van der Waals surface area contributed by atoms with Gasteiger partial charge in [0.05, 0.1) is 5.56 Å². The molecule has 3 rings (SSSR count). The predicted molar refractivity (Wildman–Crippen MR) is 105 cm³/mol. The number of benzene rings is 2. The van der Waals surface area contributed by atoms with E-state index in [4.69, 9.17) is 0 Å². The van der Waals surface area contributed by atoms with Gasteiger partial charge in [0.1, 0.15) is 22.5 Å². The fourth-order valence-electron chi connectivity index (χ4n) is 3.43. The lowest BCUT2D eigenvalue weighted by molar-refractivity contribution is -0.462. The average molecular weight is 697 g/mol. The highest BCUT2D eigenvalue weighted by Crippen LogP contribution is 2.65. The van der Waals surface area contributed by atoms with Crippen molar-refractivity contribution in [2.24, 2.45) is 0 Å². The second-order valence-corrected chi connectivity index (χ2v) is 8.91. The first-order valence-electron chi connectivity index (χ1n) is 10.8. The SMILES string of the molecule is Oc1cc(C(F)(F)F)ccc1-n1nc2ccc(C(F)(F)C(F)(F)C(F)(F)C(F)(F)C(F)(F)C(F)(F)C(F)(F)C(F)(F)F)cc2n1. The number of hydrogen-bond donors (Lipinski definition) is 1. The van der Waals surface area contributed by atoms with Gasteiger partial charge in [-0.15, -0.1) is 15.0 Å². The van der Waals surface area contributed by atoms with Crippen molar-refractivity contribution in [2.75, 3.05) is 0 Å². The van der Waals surface area contributed by atoms with Crippen molar-refractivity contribution in [1.29, 1.82) is 0 Å². The summed E-state index contributed by atoms with van der Waals surface area (Å²) in [5.74, 6) is -59.1. The van der Waals surface area contributed by atoms with Crippen molar-refractivity contribution >= 4 is 11.0 Å². The quantitative estimate of drug-likeness (QED) is 0.240. The largest absolute Gasteiger partial charge is 0.506 e. The molecule has 1 aromatic heterocycles. The monoisotopic (exact) mass is 697 g/mol. The summed E-state index contributed by atoms with van der Waals surface area (Å²) in [5, 5.41) is 16.5. The van der Waals surface area contributed by atoms with Crippen LogP contribution in [-0.2, 0) is 12.1 Å². The molecule has 0 spiro atoms. The Bertz CT molecular complexity index is 1590. The van der Waals surface area contributed by atoms with Crippen molar-refractivity contribution in [2.45, 2.75) is 53.8 Å². The summed E-state index contributed by atoms with van der Waals surface area (Å²) in [5.41, 5.74) is -6.61. The zero-order valence-corrected chi connectivity index (χ0v) is 20.3. The van der Waals surface area contributed by atoms with Crippen LogP contribution in [0.2, 0.25) is 0 Å². The van der Waals surface area contributed by atoms with Gasteiger partial charge in [-0.25, -0.2) is 0 Å². The molecule has 0 aliphatic rings. The van der Waals surface area contributed by atoms with E-state index in [0.717, 1.165) is 0 Å². The second-order valence-electron chi connectivity index (χ2n) is 8.91. The molecule has 0 unspecified atom stereocenters. The van der Waals surface area contributed by atoms with Crippen molar-refractivity contribution < 1.29 is 92.9 Å². The van der Waals surface area contributed by atoms with Crippen LogP contribution in [-0.4, -0.2) is 61.8 Å². The Balaban J connectivity index is 2.10. The predicted octanol–water partition coefficient (Wildman–Crippen LogP) is 8.61. The summed E-state index contributed by atoms with van der Waals surface area (Å²) in [7, 11) is 0. The molecule has 0 fully saturated rings. The van der Waals surface area contributed by atoms with Gasteiger partial charge in [0.15, 0.2) is 0 Å². The van der Waals surface area contributed by atoms with Gasteiger partial charge in [-0.05, 0) is 30.3 Å². The van der Waals surface area contributed by atoms with E-state index in [1.807, 2.05) is 0 Å². The lowest BCUT2D eigenvalue weighted by Gasteiger charge is -2.42. The van der Waals surface area contributed by atoms with Gasteiger partial charge < -0.3 is 5.11 Å². The molecule has 1 N–H and O–H groups in total. The van der Waals surface area contributed by atoms with Crippen LogP contribution in [0.4, 0.5) is 87.8 Å². The maximum absolute atomic E-state index is 14.6. The molecule has 0 radical (unpaired) electrons. The molecule has 0 saturated heterocycles. The Morgan fingerprint density at radius 2 is 0.889 bits per heavy atom. The lowest BCUT2D eigenvalue weighted by Crippen LogP contribution is -2.74. The van der Waals surface area contributed by atoms with Crippen LogP contribution in [0.25, 0.3) is 16.7 Å². The van der Waals surface area contributed by atoms with Crippen LogP contribution in [0, 0.1) is 0 Å². The first-order valence-corrected chi connectivity index (χ1v) is 10.8. The third-order valence-corrected chi connectivity index (χ3v) is 5.98. The molecule has 0 aliphatic heterocycles. The van der Waals surface area contributed by atoms with E-state index in [2.05, 4.69) is 10.2 Å².